The predicted molar refractivity (Wildman–Crippen MR) is 70.9 cm³/mol. The van der Waals surface area contributed by atoms with Crippen LogP contribution in [-0.4, -0.2) is 44.9 Å². The van der Waals surface area contributed by atoms with E-state index < -0.39 is 0 Å². The maximum atomic E-state index is 11.9. The zero-order valence-corrected chi connectivity index (χ0v) is 10.7. The molecule has 2 atom stereocenters. The highest BCUT2D eigenvalue weighted by Crippen LogP contribution is 2.56. The molecular formula is C12H15NOS2. The van der Waals surface area contributed by atoms with E-state index in [0.717, 1.165) is 13.0 Å². The van der Waals surface area contributed by atoms with E-state index in [0.29, 0.717) is 6.04 Å². The van der Waals surface area contributed by atoms with Gasteiger partial charge in [0.25, 0.3) is 0 Å². The van der Waals surface area contributed by atoms with Gasteiger partial charge in [0.2, 0.25) is 0 Å². The first-order chi connectivity index (χ1) is 7.77. The van der Waals surface area contributed by atoms with Gasteiger partial charge in [0.05, 0.1) is 16.2 Å². The van der Waals surface area contributed by atoms with Crippen LogP contribution in [0.25, 0.3) is 0 Å². The summed E-state index contributed by atoms with van der Waals surface area (Å²) in [5, 5.41) is 0. The largest absolute Gasteiger partial charge is 0.293 e. The summed E-state index contributed by atoms with van der Waals surface area (Å²) >= 11 is 4.09. The third-order valence-corrected chi connectivity index (χ3v) is 7.15. The van der Waals surface area contributed by atoms with Crippen LogP contribution in [0.4, 0.5) is 0 Å². The Morgan fingerprint density at radius 1 is 1.56 bits per heavy atom. The lowest BCUT2D eigenvalue weighted by atomic mass is 10.1. The molecule has 1 spiro atoms. The Balaban J connectivity index is 1.96. The molecule has 86 valence electrons. The summed E-state index contributed by atoms with van der Waals surface area (Å²) in [7, 11) is 0. The highest BCUT2D eigenvalue weighted by atomic mass is 32.2. The second-order valence-electron chi connectivity index (χ2n) is 4.42. The summed E-state index contributed by atoms with van der Waals surface area (Å²) in [6.07, 6.45) is 6.83. The van der Waals surface area contributed by atoms with Gasteiger partial charge >= 0.3 is 0 Å². The van der Waals surface area contributed by atoms with Crippen molar-refractivity contribution in [1.29, 1.82) is 0 Å². The Kier molecular flexibility index (Phi) is 2.68. The van der Waals surface area contributed by atoms with Crippen LogP contribution in [0.5, 0.6) is 0 Å². The Bertz CT molecular complexity index is 360. The molecule has 3 rings (SSSR count). The third-order valence-electron chi connectivity index (χ3n) is 3.57. The van der Waals surface area contributed by atoms with Gasteiger partial charge in [-0.05, 0) is 12.5 Å². The molecule has 3 aliphatic rings. The van der Waals surface area contributed by atoms with Crippen LogP contribution in [0, 0.1) is 0 Å². The highest BCUT2D eigenvalue weighted by molar-refractivity contribution is 8.21. The van der Waals surface area contributed by atoms with Gasteiger partial charge in [0, 0.05) is 18.1 Å². The van der Waals surface area contributed by atoms with E-state index in [-0.39, 0.29) is 15.9 Å². The molecule has 2 bridgehead atoms. The molecule has 0 amide bonds. The van der Waals surface area contributed by atoms with Gasteiger partial charge < -0.3 is 0 Å². The van der Waals surface area contributed by atoms with Crippen molar-refractivity contribution in [3.8, 4) is 0 Å². The summed E-state index contributed by atoms with van der Waals surface area (Å²) in [6.45, 7) is 4.63. The smallest absolute Gasteiger partial charge is 0.172 e. The summed E-state index contributed by atoms with van der Waals surface area (Å²) < 4.78 is 0.246. The summed E-state index contributed by atoms with van der Waals surface area (Å²) in [6, 6.07) is 0.525. The number of carbonyl (C=O) groups is 1. The van der Waals surface area contributed by atoms with Gasteiger partial charge in [0.15, 0.2) is 5.78 Å². The van der Waals surface area contributed by atoms with Crippen molar-refractivity contribution in [1.82, 2.24) is 4.90 Å². The van der Waals surface area contributed by atoms with Crippen LogP contribution in [0.3, 0.4) is 0 Å². The number of hydrogen-bond donors (Lipinski definition) is 0. The van der Waals surface area contributed by atoms with Crippen molar-refractivity contribution in [3.63, 3.8) is 0 Å². The molecule has 0 N–H and O–H groups in total. The lowest BCUT2D eigenvalue weighted by molar-refractivity contribution is -0.119. The van der Waals surface area contributed by atoms with Gasteiger partial charge in [-0.25, -0.2) is 0 Å². The second-order valence-corrected chi connectivity index (χ2v) is 7.53. The molecule has 3 aliphatic heterocycles. The standard InChI is InChI=1S/C12H15NOS2/c1-2-5-13-9-8-12(15-6-7-16-12)11(13)4-3-10(9)14/h2-4,9,11H,1,5-8H2. The molecule has 0 aromatic rings. The molecule has 2 unspecified atom stereocenters. The topological polar surface area (TPSA) is 20.3 Å². The first-order valence-corrected chi connectivity index (χ1v) is 7.60. The molecular weight excluding hydrogens is 238 g/mol. The van der Waals surface area contributed by atoms with Crippen LogP contribution in [0.1, 0.15) is 6.42 Å². The second kappa shape index (κ2) is 3.93. The maximum Gasteiger partial charge on any atom is 0.172 e. The molecule has 2 nitrogen and oxygen atoms in total. The summed E-state index contributed by atoms with van der Waals surface area (Å²) in [4.78, 5) is 14.2. The normalized spacial score (nSPS) is 36.1. The number of rotatable bonds is 2. The van der Waals surface area contributed by atoms with Gasteiger partial charge in [0.1, 0.15) is 0 Å². The lowest BCUT2D eigenvalue weighted by Gasteiger charge is -2.33. The van der Waals surface area contributed by atoms with Crippen molar-refractivity contribution in [2.45, 2.75) is 22.6 Å². The van der Waals surface area contributed by atoms with E-state index in [1.807, 2.05) is 29.6 Å². The quantitative estimate of drug-likeness (QED) is 0.701. The minimum absolute atomic E-state index is 0.103. The van der Waals surface area contributed by atoms with E-state index in [1.54, 1.807) is 6.08 Å². The molecule has 0 radical (unpaired) electrons. The number of hydrogen-bond acceptors (Lipinski definition) is 4. The van der Waals surface area contributed by atoms with Gasteiger partial charge in [-0.2, -0.15) is 0 Å². The minimum atomic E-state index is 0.103. The van der Waals surface area contributed by atoms with Crippen LogP contribution < -0.4 is 0 Å². The first kappa shape index (κ1) is 10.9. The third kappa shape index (κ3) is 1.43. The summed E-state index contributed by atoms with van der Waals surface area (Å²) in [5.74, 6) is 2.72. The number of carbonyl (C=O) groups excluding carboxylic acids is 1. The molecule has 2 fully saturated rings. The fourth-order valence-corrected chi connectivity index (χ4v) is 6.43. The van der Waals surface area contributed by atoms with Crippen molar-refractivity contribution < 1.29 is 4.79 Å². The van der Waals surface area contributed by atoms with Crippen LogP contribution >= 0.6 is 23.5 Å². The van der Waals surface area contributed by atoms with Crippen molar-refractivity contribution >= 4 is 29.3 Å². The van der Waals surface area contributed by atoms with E-state index in [9.17, 15) is 4.79 Å². The Morgan fingerprint density at radius 3 is 3.00 bits per heavy atom. The van der Waals surface area contributed by atoms with E-state index in [2.05, 4.69) is 17.6 Å². The molecule has 3 heterocycles. The molecule has 4 heteroatoms. The lowest BCUT2D eigenvalue weighted by Crippen LogP contribution is -2.44. The molecule has 0 aromatic heterocycles. The summed E-state index contributed by atoms with van der Waals surface area (Å²) in [5.41, 5.74) is 0. The minimum Gasteiger partial charge on any atom is -0.293 e. The Morgan fingerprint density at radius 2 is 2.31 bits per heavy atom. The van der Waals surface area contributed by atoms with Gasteiger partial charge in [-0.1, -0.05) is 12.2 Å². The molecule has 16 heavy (non-hydrogen) atoms. The zero-order chi connectivity index (χ0) is 11.2. The van der Waals surface area contributed by atoms with Crippen molar-refractivity contribution in [2.24, 2.45) is 0 Å². The van der Waals surface area contributed by atoms with Gasteiger partial charge in [-0.15, -0.1) is 30.1 Å². The Hall–Kier alpha value is -0.190. The average Bonchev–Trinajstić information content (AvgIpc) is 2.80. The number of ketones is 1. The molecule has 0 saturated carbocycles. The van der Waals surface area contributed by atoms with Crippen LogP contribution in [-0.2, 0) is 4.79 Å². The highest BCUT2D eigenvalue weighted by Gasteiger charge is 2.56. The van der Waals surface area contributed by atoms with E-state index in [4.69, 9.17) is 0 Å². The number of thioether (sulfide) groups is 2. The maximum absolute atomic E-state index is 11.9. The van der Waals surface area contributed by atoms with Crippen LogP contribution in [0.15, 0.2) is 24.8 Å². The zero-order valence-electron chi connectivity index (χ0n) is 9.09. The fourth-order valence-electron chi connectivity index (χ4n) is 2.92. The first-order valence-electron chi connectivity index (χ1n) is 5.63. The molecule has 2 saturated heterocycles. The van der Waals surface area contributed by atoms with Gasteiger partial charge in [-0.3, -0.25) is 9.69 Å². The van der Waals surface area contributed by atoms with Crippen molar-refractivity contribution in [3.05, 3.63) is 24.8 Å². The average molecular weight is 253 g/mol. The molecule has 0 aromatic carbocycles. The van der Waals surface area contributed by atoms with E-state index >= 15 is 0 Å². The van der Waals surface area contributed by atoms with Crippen LogP contribution in [0.2, 0.25) is 0 Å². The molecule has 0 aliphatic carbocycles. The van der Waals surface area contributed by atoms with Crippen molar-refractivity contribution in [2.75, 3.05) is 18.1 Å². The van der Waals surface area contributed by atoms with E-state index in [1.165, 1.54) is 11.5 Å². The predicted octanol–water partition coefficient (Wildman–Crippen LogP) is 1.93. The SMILES string of the molecule is C=CCN1C2CC3(SCCS3)C1C=CC2=O. The number of nitrogens with zero attached hydrogens (tertiary/aromatic N) is 1. The monoisotopic (exact) mass is 253 g/mol. The number of fused-ring (bicyclic) bond motifs is 3. The Labute approximate surface area is 105 Å². The fraction of sp³-hybridized carbons (Fsp3) is 0.583.